The van der Waals surface area contributed by atoms with E-state index >= 15 is 4.39 Å². The molecular formula is C22H24FN10O9PS2. The fourth-order valence-corrected chi connectivity index (χ4v) is 8.45. The number of alkyl halides is 1. The average molecular weight is 687 g/mol. The Hall–Kier alpha value is -3.02. The van der Waals surface area contributed by atoms with E-state index in [4.69, 9.17) is 50.7 Å². The zero-order valence-corrected chi connectivity index (χ0v) is 25.2. The monoisotopic (exact) mass is 686 g/mol. The summed E-state index contributed by atoms with van der Waals surface area (Å²) in [6.07, 6.45) is -4.23. The minimum Gasteiger partial charge on any atom is -0.397 e. The van der Waals surface area contributed by atoms with Crippen LogP contribution in [0.15, 0.2) is 31.2 Å². The van der Waals surface area contributed by atoms with E-state index in [0.29, 0.717) is 16.9 Å². The summed E-state index contributed by atoms with van der Waals surface area (Å²) < 4.78 is 82.7. The number of ether oxygens (including phenoxy) is 3. The third-order valence-corrected chi connectivity index (χ3v) is 10.6. The zero-order chi connectivity index (χ0) is 31.3. The molecule has 2 bridgehead atoms. The molecule has 4 saturated heterocycles. The van der Waals surface area contributed by atoms with Gasteiger partial charge in [0.15, 0.2) is 35.7 Å². The fraction of sp³-hybridized carbons (Fsp3) is 0.500. The van der Waals surface area contributed by atoms with Gasteiger partial charge in [-0.15, -0.1) is 0 Å². The zero-order valence-electron chi connectivity index (χ0n) is 22.7. The smallest absolute Gasteiger partial charge is 0.336 e. The molecule has 0 radical (unpaired) electrons. The van der Waals surface area contributed by atoms with E-state index in [1.165, 1.54) is 34.3 Å². The first-order valence-corrected chi connectivity index (χ1v) is 17.4. The largest absolute Gasteiger partial charge is 0.397 e. The molecule has 4 fully saturated rings. The molecule has 9 unspecified atom stereocenters. The highest BCUT2D eigenvalue weighted by molar-refractivity contribution is 8.07. The molecule has 19 nitrogen and oxygen atoms in total. The average Bonchev–Trinajstić information content (AvgIpc) is 3.80. The van der Waals surface area contributed by atoms with Gasteiger partial charge in [0, 0.05) is 12.7 Å². The van der Waals surface area contributed by atoms with Gasteiger partial charge in [-0.1, -0.05) is 0 Å². The Balaban J connectivity index is 1.10. The number of anilines is 2. The van der Waals surface area contributed by atoms with Gasteiger partial charge >= 0.3 is 17.0 Å². The van der Waals surface area contributed by atoms with E-state index in [-0.39, 0.29) is 23.6 Å². The number of halogens is 1. The van der Waals surface area contributed by atoms with Gasteiger partial charge in [-0.2, -0.15) is 13.1 Å². The Morgan fingerprint density at radius 2 is 1.82 bits per heavy atom. The van der Waals surface area contributed by atoms with Crippen LogP contribution in [-0.2, 0) is 49.6 Å². The van der Waals surface area contributed by atoms with Gasteiger partial charge in [0.25, 0.3) is 0 Å². The van der Waals surface area contributed by atoms with Gasteiger partial charge in [-0.05, 0) is 17.9 Å². The second-order valence-corrected chi connectivity index (χ2v) is 15.0. The second-order valence-electron chi connectivity index (χ2n) is 10.8. The Kier molecular flexibility index (Phi) is 6.69. The van der Waals surface area contributed by atoms with E-state index in [9.17, 15) is 13.3 Å². The standard InChI is InChI=1S/C22H24FN10O9PS2/c23-11-14-10(39-20(11)32-8-30-13-17(25)27-6-28-19(13)32)3-31-45(35,36)42-16-15-21(33-7-29-12-9(24)1-2-26-18(12)33)40-22(16,4-37-15)5-38-43(34,44)41-14/h1-2,6-8,10-11,14-16,20-21,31H,3-5H2,(H2,24,26)(H,34,44)(H2,25,27,28). The molecule has 6 N–H and O–H groups in total. The molecule has 0 aliphatic carbocycles. The van der Waals surface area contributed by atoms with Crippen LogP contribution in [0.25, 0.3) is 22.3 Å². The number of pyridine rings is 1. The number of nitrogens with two attached hydrogens (primary N) is 2. The number of nitrogen functional groups attached to an aromatic ring is 2. The highest BCUT2D eigenvalue weighted by Crippen LogP contribution is 2.54. The molecule has 0 saturated carbocycles. The van der Waals surface area contributed by atoms with Gasteiger partial charge < -0.3 is 35.1 Å². The van der Waals surface area contributed by atoms with Crippen molar-refractivity contribution in [1.82, 2.24) is 38.8 Å². The lowest BCUT2D eigenvalue weighted by molar-refractivity contribution is -0.183. The first-order valence-electron chi connectivity index (χ1n) is 13.4. The quantitative estimate of drug-likeness (QED) is 0.188. The van der Waals surface area contributed by atoms with Crippen LogP contribution in [0.1, 0.15) is 12.5 Å². The SMILES string of the molecule is Nc1ncnc2c1ncn2C1OC2CNS(=O)(=O)OC3C4OCC3(COP(O)(=S)OC2C1F)OC4n1cnc2c(N)ccnc21. The van der Waals surface area contributed by atoms with Gasteiger partial charge in [0.1, 0.15) is 47.4 Å². The van der Waals surface area contributed by atoms with Crippen molar-refractivity contribution in [2.45, 2.75) is 48.6 Å². The van der Waals surface area contributed by atoms with Crippen LogP contribution in [0.2, 0.25) is 0 Å². The number of fused-ring (bicyclic) bond motifs is 3. The second kappa shape index (κ2) is 10.2. The van der Waals surface area contributed by atoms with Gasteiger partial charge in [0.2, 0.25) is 0 Å². The molecule has 23 heteroatoms. The predicted octanol–water partition coefficient (Wildman–Crippen LogP) is -0.811. The lowest BCUT2D eigenvalue weighted by Gasteiger charge is -2.33. The van der Waals surface area contributed by atoms with Crippen molar-refractivity contribution < 1.29 is 45.1 Å². The number of nitrogens with zero attached hydrogens (tertiary/aromatic N) is 7. The highest BCUT2D eigenvalue weighted by Gasteiger charge is 2.65. The molecular weight excluding hydrogens is 662 g/mol. The molecule has 4 aromatic heterocycles. The lowest BCUT2D eigenvalue weighted by Crippen LogP contribution is -2.49. The third kappa shape index (κ3) is 4.71. The molecule has 4 aliphatic rings. The number of hydrogen-bond acceptors (Lipinski definition) is 16. The first kappa shape index (κ1) is 29.4. The topological polar surface area (TPSA) is 248 Å². The Bertz CT molecular complexity index is 1980. The molecule has 8 rings (SSSR count). The number of nitrogens with one attached hydrogen (secondary N) is 1. The Labute approximate surface area is 257 Å². The number of aromatic nitrogens is 7. The third-order valence-electron chi connectivity index (χ3n) is 8.09. The molecule has 240 valence electrons. The lowest BCUT2D eigenvalue weighted by atomic mass is 10.0. The number of imidazole rings is 2. The molecule has 8 heterocycles. The summed E-state index contributed by atoms with van der Waals surface area (Å²) in [5.41, 5.74) is 11.8. The van der Waals surface area contributed by atoms with Crippen molar-refractivity contribution >= 4 is 62.7 Å². The summed E-state index contributed by atoms with van der Waals surface area (Å²) >= 11 is 5.27. The fourth-order valence-electron chi connectivity index (χ4n) is 6.00. The van der Waals surface area contributed by atoms with Gasteiger partial charge in [0.05, 0.1) is 31.6 Å². The summed E-state index contributed by atoms with van der Waals surface area (Å²) in [6, 6.07) is 1.58. The molecule has 4 aliphatic heterocycles. The minimum atomic E-state index is -4.55. The van der Waals surface area contributed by atoms with Gasteiger partial charge in [-0.3, -0.25) is 13.7 Å². The Morgan fingerprint density at radius 3 is 2.64 bits per heavy atom. The molecule has 0 amide bonds. The van der Waals surface area contributed by atoms with Gasteiger partial charge in [-0.25, -0.2) is 33.5 Å². The van der Waals surface area contributed by atoms with E-state index in [2.05, 4.69) is 29.6 Å². The maximum atomic E-state index is 16.1. The van der Waals surface area contributed by atoms with Crippen LogP contribution >= 0.6 is 6.72 Å². The predicted molar refractivity (Wildman–Crippen MR) is 152 cm³/mol. The first-order chi connectivity index (χ1) is 21.5. The molecule has 0 aromatic carbocycles. The normalized spacial score (nSPS) is 38.1. The Morgan fingerprint density at radius 1 is 1.07 bits per heavy atom. The summed E-state index contributed by atoms with van der Waals surface area (Å²) in [4.78, 5) is 31.8. The van der Waals surface area contributed by atoms with Crippen molar-refractivity contribution in [2.75, 3.05) is 31.2 Å². The number of rotatable bonds is 2. The van der Waals surface area contributed by atoms with Crippen LogP contribution in [0.5, 0.6) is 0 Å². The maximum absolute atomic E-state index is 16.1. The van der Waals surface area contributed by atoms with E-state index < -0.39 is 78.8 Å². The van der Waals surface area contributed by atoms with Crippen LogP contribution < -0.4 is 16.2 Å². The summed E-state index contributed by atoms with van der Waals surface area (Å²) in [5, 5.41) is 0. The maximum Gasteiger partial charge on any atom is 0.336 e. The van der Waals surface area contributed by atoms with Crippen LogP contribution in [-0.4, -0.2) is 103 Å². The van der Waals surface area contributed by atoms with E-state index in [0.717, 1.165) is 0 Å². The van der Waals surface area contributed by atoms with Crippen molar-refractivity contribution in [3.8, 4) is 0 Å². The molecule has 9 atom stereocenters. The minimum absolute atomic E-state index is 0.0633. The van der Waals surface area contributed by atoms with Crippen LogP contribution in [0.3, 0.4) is 0 Å². The summed E-state index contributed by atoms with van der Waals surface area (Å²) in [6.45, 7) is -5.47. The van der Waals surface area contributed by atoms with Crippen molar-refractivity contribution in [3.05, 3.63) is 31.2 Å². The van der Waals surface area contributed by atoms with E-state index in [1.807, 2.05) is 0 Å². The van der Waals surface area contributed by atoms with Crippen molar-refractivity contribution in [3.63, 3.8) is 0 Å². The number of hydrogen-bond donors (Lipinski definition) is 4. The van der Waals surface area contributed by atoms with Crippen LogP contribution in [0, 0.1) is 0 Å². The highest BCUT2D eigenvalue weighted by atomic mass is 32.5. The molecule has 4 aromatic rings. The van der Waals surface area contributed by atoms with Crippen LogP contribution in [0.4, 0.5) is 15.9 Å². The van der Waals surface area contributed by atoms with Crippen molar-refractivity contribution in [2.24, 2.45) is 0 Å². The van der Waals surface area contributed by atoms with Crippen molar-refractivity contribution in [1.29, 1.82) is 0 Å². The molecule has 45 heavy (non-hydrogen) atoms. The summed E-state index contributed by atoms with van der Waals surface area (Å²) in [5.74, 6) is 0.0633. The van der Waals surface area contributed by atoms with E-state index in [1.54, 1.807) is 6.07 Å². The summed E-state index contributed by atoms with van der Waals surface area (Å²) in [7, 11) is -4.55. The molecule has 0 spiro atoms.